The number of benzene rings is 1. The smallest absolute Gasteiger partial charge is 0.318 e. The Hall–Kier alpha value is -1.77. The van der Waals surface area contributed by atoms with E-state index in [4.69, 9.17) is 11.6 Å². The van der Waals surface area contributed by atoms with Crippen LogP contribution in [0.2, 0.25) is 5.02 Å². The van der Waals surface area contributed by atoms with Crippen LogP contribution in [0.5, 0.6) is 0 Å². The molecule has 6 heteroatoms. The molecule has 2 saturated heterocycles. The van der Waals surface area contributed by atoms with Gasteiger partial charge in [-0.3, -0.25) is 4.90 Å². The van der Waals surface area contributed by atoms with Gasteiger partial charge in [0.1, 0.15) is 0 Å². The Kier molecular flexibility index (Phi) is 4.47. The molecular formula is C17H21ClN4O. The van der Waals surface area contributed by atoms with Gasteiger partial charge in [0.25, 0.3) is 0 Å². The first kappa shape index (κ1) is 16.1. The number of halogens is 1. The number of carbonyl (C=O) groups is 1. The Morgan fingerprint density at radius 3 is 2.96 bits per heavy atom. The molecule has 5 nitrogen and oxygen atoms in total. The third-order valence-corrected chi connectivity index (χ3v) is 4.94. The highest BCUT2D eigenvalue weighted by Crippen LogP contribution is 2.26. The van der Waals surface area contributed by atoms with Gasteiger partial charge in [0.2, 0.25) is 0 Å². The number of likely N-dealkylation sites (tertiary alicyclic amines) is 1. The van der Waals surface area contributed by atoms with E-state index in [9.17, 15) is 10.1 Å². The minimum absolute atomic E-state index is 0.0426. The van der Waals surface area contributed by atoms with E-state index in [2.05, 4.69) is 30.1 Å². The second-order valence-electron chi connectivity index (χ2n) is 6.56. The summed E-state index contributed by atoms with van der Waals surface area (Å²) in [4.78, 5) is 16.4. The molecule has 2 atom stereocenters. The summed E-state index contributed by atoms with van der Waals surface area (Å²) in [6, 6.07) is 8.36. The van der Waals surface area contributed by atoms with Gasteiger partial charge < -0.3 is 10.2 Å². The van der Waals surface area contributed by atoms with Crippen LogP contribution in [0.4, 0.5) is 4.79 Å². The van der Waals surface area contributed by atoms with Gasteiger partial charge in [-0.2, -0.15) is 5.26 Å². The van der Waals surface area contributed by atoms with Crippen LogP contribution in [-0.4, -0.2) is 47.0 Å². The van der Waals surface area contributed by atoms with Gasteiger partial charge in [-0.25, -0.2) is 4.79 Å². The number of hydrogen-bond donors (Lipinski definition) is 1. The van der Waals surface area contributed by atoms with E-state index in [1.54, 1.807) is 6.07 Å². The van der Waals surface area contributed by atoms with E-state index in [0.717, 1.165) is 25.1 Å². The highest BCUT2D eigenvalue weighted by Gasteiger charge is 2.43. The standard InChI is InChI=1S/C17H21ClN4O/c1-11(2)22-16-5-6-21(10-15(16)20-17(22)23)9-12-3-4-14(18)7-13(12)8-19/h3-4,7,11,15-16H,5-6,9-10H2,1-2H3,(H,20,23)/t15-,16+/m1/s1. The predicted octanol–water partition coefficient (Wildman–Crippen LogP) is 2.59. The molecule has 23 heavy (non-hydrogen) atoms. The lowest BCUT2D eigenvalue weighted by atomic mass is 9.98. The van der Waals surface area contributed by atoms with Crippen molar-refractivity contribution >= 4 is 17.6 Å². The lowest BCUT2D eigenvalue weighted by Gasteiger charge is -2.38. The first-order valence-corrected chi connectivity index (χ1v) is 8.37. The minimum Gasteiger partial charge on any atom is -0.332 e. The second-order valence-corrected chi connectivity index (χ2v) is 7.00. The SMILES string of the molecule is CC(C)N1C(=O)N[C@@H]2CN(Cc3ccc(Cl)cc3C#N)CC[C@@H]21. The number of hydrogen-bond acceptors (Lipinski definition) is 3. The van der Waals surface area contributed by atoms with Gasteiger partial charge in [-0.1, -0.05) is 17.7 Å². The van der Waals surface area contributed by atoms with E-state index < -0.39 is 0 Å². The molecule has 1 aromatic carbocycles. The fourth-order valence-electron chi connectivity index (χ4n) is 3.66. The molecule has 2 fully saturated rings. The van der Waals surface area contributed by atoms with Crippen LogP contribution in [0.1, 0.15) is 31.4 Å². The molecule has 0 unspecified atom stereocenters. The lowest BCUT2D eigenvalue weighted by Crippen LogP contribution is -2.51. The van der Waals surface area contributed by atoms with E-state index in [-0.39, 0.29) is 24.2 Å². The van der Waals surface area contributed by atoms with Crippen LogP contribution in [0, 0.1) is 11.3 Å². The molecular weight excluding hydrogens is 312 g/mol. The van der Waals surface area contributed by atoms with Crippen molar-refractivity contribution in [1.29, 1.82) is 5.26 Å². The highest BCUT2D eigenvalue weighted by molar-refractivity contribution is 6.30. The second kappa shape index (κ2) is 6.38. The summed E-state index contributed by atoms with van der Waals surface area (Å²) < 4.78 is 0. The van der Waals surface area contributed by atoms with Crippen molar-refractivity contribution in [2.45, 2.75) is 44.9 Å². The van der Waals surface area contributed by atoms with E-state index in [1.807, 2.05) is 17.0 Å². The number of rotatable bonds is 3. The van der Waals surface area contributed by atoms with Crippen molar-refractivity contribution in [3.8, 4) is 6.07 Å². The zero-order chi connectivity index (χ0) is 16.6. The number of nitrogens with zero attached hydrogens (tertiary/aromatic N) is 3. The number of carbonyl (C=O) groups excluding carboxylic acids is 1. The van der Waals surface area contributed by atoms with Gasteiger partial charge in [0.05, 0.1) is 23.7 Å². The predicted molar refractivity (Wildman–Crippen MR) is 89.1 cm³/mol. The average molecular weight is 333 g/mol. The van der Waals surface area contributed by atoms with Crippen LogP contribution < -0.4 is 5.32 Å². The summed E-state index contributed by atoms with van der Waals surface area (Å²) >= 11 is 5.96. The first-order chi connectivity index (χ1) is 11.0. The van der Waals surface area contributed by atoms with Crippen molar-refractivity contribution in [3.63, 3.8) is 0 Å². The van der Waals surface area contributed by atoms with Crippen LogP contribution in [0.15, 0.2) is 18.2 Å². The molecule has 0 spiro atoms. The van der Waals surface area contributed by atoms with E-state index >= 15 is 0 Å². The maximum atomic E-state index is 12.1. The summed E-state index contributed by atoms with van der Waals surface area (Å²) in [6.07, 6.45) is 0.955. The number of nitrogens with one attached hydrogen (secondary N) is 1. The molecule has 0 bridgehead atoms. The summed E-state index contributed by atoms with van der Waals surface area (Å²) in [5.74, 6) is 0. The molecule has 122 valence electrons. The molecule has 1 aromatic rings. The molecule has 0 saturated carbocycles. The van der Waals surface area contributed by atoms with E-state index in [0.29, 0.717) is 17.1 Å². The van der Waals surface area contributed by atoms with Crippen molar-refractivity contribution in [2.75, 3.05) is 13.1 Å². The maximum absolute atomic E-state index is 12.1. The zero-order valence-electron chi connectivity index (χ0n) is 13.4. The number of fused-ring (bicyclic) bond motifs is 1. The number of urea groups is 1. The van der Waals surface area contributed by atoms with Gasteiger partial charge >= 0.3 is 6.03 Å². The fourth-order valence-corrected chi connectivity index (χ4v) is 3.83. The zero-order valence-corrected chi connectivity index (χ0v) is 14.2. The van der Waals surface area contributed by atoms with Crippen molar-refractivity contribution in [1.82, 2.24) is 15.1 Å². The molecule has 1 N–H and O–H groups in total. The summed E-state index contributed by atoms with van der Waals surface area (Å²) in [5.41, 5.74) is 1.61. The van der Waals surface area contributed by atoms with Crippen LogP contribution in [0.3, 0.4) is 0 Å². The van der Waals surface area contributed by atoms with Crippen molar-refractivity contribution < 1.29 is 4.79 Å². The third-order valence-electron chi connectivity index (χ3n) is 4.70. The molecule has 0 aliphatic carbocycles. The molecule has 2 aliphatic heterocycles. The summed E-state index contributed by atoms with van der Waals surface area (Å²) in [7, 11) is 0. The molecule has 0 aromatic heterocycles. The lowest BCUT2D eigenvalue weighted by molar-refractivity contribution is 0.122. The molecule has 2 aliphatic rings. The van der Waals surface area contributed by atoms with Gasteiger partial charge in [-0.15, -0.1) is 0 Å². The Labute approximate surface area is 141 Å². The first-order valence-electron chi connectivity index (χ1n) is 7.99. The number of piperidine rings is 1. The molecule has 2 amide bonds. The fraction of sp³-hybridized carbons (Fsp3) is 0.529. The summed E-state index contributed by atoms with van der Waals surface area (Å²) in [5, 5.41) is 12.9. The van der Waals surface area contributed by atoms with Crippen LogP contribution in [-0.2, 0) is 6.54 Å². The minimum atomic E-state index is 0.0426. The van der Waals surface area contributed by atoms with Gasteiger partial charge in [0.15, 0.2) is 0 Å². The number of nitriles is 1. The van der Waals surface area contributed by atoms with Crippen LogP contribution in [0.25, 0.3) is 0 Å². The average Bonchev–Trinajstić information content (AvgIpc) is 2.84. The monoisotopic (exact) mass is 332 g/mol. The third kappa shape index (κ3) is 3.15. The van der Waals surface area contributed by atoms with Gasteiger partial charge in [-0.05, 0) is 38.0 Å². The molecule has 0 radical (unpaired) electrons. The molecule has 2 heterocycles. The normalized spacial score (nSPS) is 24.5. The van der Waals surface area contributed by atoms with E-state index in [1.165, 1.54) is 0 Å². The maximum Gasteiger partial charge on any atom is 0.318 e. The number of amides is 2. The Morgan fingerprint density at radius 2 is 2.26 bits per heavy atom. The van der Waals surface area contributed by atoms with Crippen LogP contribution >= 0.6 is 11.6 Å². The Balaban J connectivity index is 1.70. The Bertz CT molecular complexity index is 654. The Morgan fingerprint density at radius 1 is 1.48 bits per heavy atom. The topological polar surface area (TPSA) is 59.4 Å². The highest BCUT2D eigenvalue weighted by atomic mass is 35.5. The van der Waals surface area contributed by atoms with Gasteiger partial charge in [0, 0.05) is 30.7 Å². The quantitative estimate of drug-likeness (QED) is 0.925. The van der Waals surface area contributed by atoms with Crippen molar-refractivity contribution in [2.24, 2.45) is 0 Å². The summed E-state index contributed by atoms with van der Waals surface area (Å²) in [6.45, 7) is 6.56. The largest absolute Gasteiger partial charge is 0.332 e. The molecule has 3 rings (SSSR count). The van der Waals surface area contributed by atoms with Crippen molar-refractivity contribution in [3.05, 3.63) is 34.3 Å².